The van der Waals surface area contributed by atoms with Crippen LogP contribution in [0.2, 0.25) is 0 Å². The molecule has 0 atom stereocenters. The lowest BCUT2D eigenvalue weighted by molar-refractivity contribution is 0.415. The van der Waals surface area contributed by atoms with E-state index in [9.17, 15) is 0 Å². The van der Waals surface area contributed by atoms with E-state index in [-0.39, 0.29) is 0 Å². The third kappa shape index (κ3) is 1.48. The molecule has 0 bridgehead atoms. The zero-order chi connectivity index (χ0) is 11.0. The van der Waals surface area contributed by atoms with Gasteiger partial charge in [-0.2, -0.15) is 0 Å². The summed E-state index contributed by atoms with van der Waals surface area (Å²) in [6.07, 6.45) is 1.11. The number of nitrogens with zero attached hydrogens (tertiary/aromatic N) is 1. The van der Waals surface area contributed by atoms with Crippen LogP contribution in [0.3, 0.4) is 0 Å². The summed E-state index contributed by atoms with van der Waals surface area (Å²) in [6, 6.07) is 8.59. The molecule has 0 aliphatic carbocycles. The highest BCUT2D eigenvalue weighted by Crippen LogP contribution is 2.25. The fraction of sp³-hybridized carbons (Fsp3) is 0.385. The maximum Gasteiger partial charge on any atom is 0.120 e. The van der Waals surface area contributed by atoms with Crippen molar-refractivity contribution in [2.45, 2.75) is 13.0 Å². The second-order valence-electron chi connectivity index (χ2n) is 4.21. The van der Waals surface area contributed by atoms with E-state index in [4.69, 9.17) is 4.74 Å². The lowest BCUT2D eigenvalue weighted by atomic mass is 10.2. The first-order valence-electron chi connectivity index (χ1n) is 5.75. The van der Waals surface area contributed by atoms with E-state index >= 15 is 0 Å². The number of methoxy groups -OCH3 is 1. The lowest BCUT2D eigenvalue weighted by Gasteiger charge is -2.06. The van der Waals surface area contributed by atoms with Gasteiger partial charge in [0.15, 0.2) is 0 Å². The zero-order valence-corrected chi connectivity index (χ0v) is 9.49. The largest absolute Gasteiger partial charge is 0.497 e. The van der Waals surface area contributed by atoms with Gasteiger partial charge in [0.25, 0.3) is 0 Å². The van der Waals surface area contributed by atoms with Crippen molar-refractivity contribution in [1.29, 1.82) is 0 Å². The molecule has 0 spiro atoms. The quantitative estimate of drug-likeness (QED) is 0.786. The minimum absolute atomic E-state index is 0.936. The van der Waals surface area contributed by atoms with Gasteiger partial charge in [-0.25, -0.2) is 0 Å². The van der Waals surface area contributed by atoms with E-state index in [0.717, 1.165) is 31.8 Å². The summed E-state index contributed by atoms with van der Waals surface area (Å²) in [5.41, 5.74) is 2.71. The van der Waals surface area contributed by atoms with Crippen LogP contribution in [-0.4, -0.2) is 24.8 Å². The Balaban J connectivity index is 2.19. The molecule has 1 aromatic carbocycles. The molecule has 1 aliphatic heterocycles. The number of hydrogen-bond donors (Lipinski definition) is 1. The molecule has 0 fully saturated rings. The number of benzene rings is 1. The molecule has 0 saturated heterocycles. The van der Waals surface area contributed by atoms with E-state index in [0.29, 0.717) is 0 Å². The Morgan fingerprint density at radius 2 is 2.19 bits per heavy atom. The summed E-state index contributed by atoms with van der Waals surface area (Å²) in [5.74, 6) is 0.936. The van der Waals surface area contributed by atoms with Crippen LogP contribution in [0.5, 0.6) is 5.75 Å². The minimum Gasteiger partial charge on any atom is -0.497 e. The van der Waals surface area contributed by atoms with Crippen LogP contribution in [-0.2, 0) is 13.0 Å². The number of hydrogen-bond acceptors (Lipinski definition) is 2. The first kappa shape index (κ1) is 9.73. The van der Waals surface area contributed by atoms with E-state index in [2.05, 4.69) is 28.1 Å². The molecule has 0 saturated carbocycles. The molecule has 1 aromatic heterocycles. The molecule has 1 aliphatic rings. The van der Waals surface area contributed by atoms with Crippen molar-refractivity contribution in [3.8, 4) is 5.75 Å². The summed E-state index contributed by atoms with van der Waals surface area (Å²) < 4.78 is 7.69. The molecule has 3 nitrogen and oxygen atoms in total. The second kappa shape index (κ2) is 3.83. The van der Waals surface area contributed by atoms with Crippen molar-refractivity contribution in [2.24, 2.45) is 0 Å². The van der Waals surface area contributed by atoms with Gasteiger partial charge in [-0.15, -0.1) is 0 Å². The van der Waals surface area contributed by atoms with Gasteiger partial charge in [-0.3, -0.25) is 0 Å². The lowest BCUT2D eigenvalue weighted by Crippen LogP contribution is -2.17. The van der Waals surface area contributed by atoms with Gasteiger partial charge >= 0.3 is 0 Å². The normalized spacial score (nSPS) is 15.8. The van der Waals surface area contributed by atoms with Crippen LogP contribution in [0.15, 0.2) is 24.3 Å². The Hall–Kier alpha value is -1.48. The third-order valence-corrected chi connectivity index (χ3v) is 3.27. The average molecular weight is 216 g/mol. The Bertz CT molecular complexity index is 516. The Kier molecular flexibility index (Phi) is 2.33. The molecule has 2 aromatic rings. The molecule has 2 heterocycles. The number of ether oxygens (including phenoxy) is 1. The van der Waals surface area contributed by atoms with Gasteiger partial charge < -0.3 is 14.6 Å². The van der Waals surface area contributed by atoms with Gasteiger partial charge in [-0.1, -0.05) is 0 Å². The third-order valence-electron chi connectivity index (χ3n) is 3.27. The van der Waals surface area contributed by atoms with Gasteiger partial charge in [0.05, 0.1) is 12.6 Å². The highest BCUT2D eigenvalue weighted by molar-refractivity contribution is 5.83. The van der Waals surface area contributed by atoms with Crippen molar-refractivity contribution >= 4 is 10.9 Å². The molecule has 0 amide bonds. The predicted molar refractivity (Wildman–Crippen MR) is 65.1 cm³/mol. The molecular formula is C13H16N2O. The van der Waals surface area contributed by atoms with Crippen LogP contribution in [0.4, 0.5) is 0 Å². The zero-order valence-electron chi connectivity index (χ0n) is 9.49. The monoisotopic (exact) mass is 216 g/mol. The van der Waals surface area contributed by atoms with Gasteiger partial charge in [-0.05, 0) is 18.2 Å². The maximum absolute atomic E-state index is 5.28. The minimum atomic E-state index is 0.936. The topological polar surface area (TPSA) is 26.2 Å². The molecule has 3 rings (SSSR count). The highest BCUT2D eigenvalue weighted by Gasteiger charge is 2.11. The first-order chi connectivity index (χ1) is 7.88. The summed E-state index contributed by atoms with van der Waals surface area (Å²) in [6.45, 7) is 3.17. The number of aromatic nitrogens is 1. The van der Waals surface area contributed by atoms with Crippen molar-refractivity contribution in [1.82, 2.24) is 9.88 Å². The van der Waals surface area contributed by atoms with Crippen LogP contribution in [0, 0.1) is 0 Å². The highest BCUT2D eigenvalue weighted by atomic mass is 16.5. The standard InChI is InChI=1S/C13H16N2O/c1-16-12-3-2-10-8-11-4-5-14-6-7-15(11)13(10)9-12/h2-3,8-9,14H,4-7H2,1H3. The summed E-state index contributed by atoms with van der Waals surface area (Å²) in [4.78, 5) is 0. The number of fused-ring (bicyclic) bond motifs is 3. The second-order valence-corrected chi connectivity index (χ2v) is 4.21. The van der Waals surface area contributed by atoms with E-state index < -0.39 is 0 Å². The van der Waals surface area contributed by atoms with Crippen LogP contribution in [0.25, 0.3) is 10.9 Å². The summed E-state index contributed by atoms with van der Waals surface area (Å²) >= 11 is 0. The Morgan fingerprint density at radius 1 is 1.25 bits per heavy atom. The smallest absolute Gasteiger partial charge is 0.120 e. The SMILES string of the molecule is COc1ccc2cc3n(c2c1)CCNCC3. The molecule has 3 heteroatoms. The first-order valence-corrected chi connectivity index (χ1v) is 5.75. The van der Waals surface area contributed by atoms with Crippen molar-refractivity contribution < 1.29 is 4.74 Å². The van der Waals surface area contributed by atoms with E-state index in [1.807, 2.05) is 6.07 Å². The Morgan fingerprint density at radius 3 is 3.06 bits per heavy atom. The molecule has 0 unspecified atom stereocenters. The number of rotatable bonds is 1. The molecule has 1 N–H and O–H groups in total. The molecule has 0 radical (unpaired) electrons. The summed E-state index contributed by atoms with van der Waals surface area (Å²) in [5, 5.41) is 4.74. The fourth-order valence-corrected chi connectivity index (χ4v) is 2.42. The van der Waals surface area contributed by atoms with Gasteiger partial charge in [0.2, 0.25) is 0 Å². The fourth-order valence-electron chi connectivity index (χ4n) is 2.42. The number of nitrogens with one attached hydrogen (secondary N) is 1. The molecular weight excluding hydrogens is 200 g/mol. The average Bonchev–Trinajstić information content (AvgIpc) is 2.50. The predicted octanol–water partition coefficient (Wildman–Crippen LogP) is 1.80. The Labute approximate surface area is 95.0 Å². The van der Waals surface area contributed by atoms with Crippen LogP contribution < -0.4 is 10.1 Å². The van der Waals surface area contributed by atoms with Crippen LogP contribution >= 0.6 is 0 Å². The molecule has 16 heavy (non-hydrogen) atoms. The van der Waals surface area contributed by atoms with E-state index in [1.165, 1.54) is 16.6 Å². The van der Waals surface area contributed by atoms with Crippen molar-refractivity contribution in [3.63, 3.8) is 0 Å². The maximum atomic E-state index is 5.28. The van der Waals surface area contributed by atoms with Crippen molar-refractivity contribution in [2.75, 3.05) is 20.2 Å². The van der Waals surface area contributed by atoms with Crippen molar-refractivity contribution in [3.05, 3.63) is 30.0 Å². The van der Waals surface area contributed by atoms with Gasteiger partial charge in [0.1, 0.15) is 5.75 Å². The molecule has 84 valence electrons. The van der Waals surface area contributed by atoms with Gasteiger partial charge in [0, 0.05) is 43.2 Å². The van der Waals surface area contributed by atoms with E-state index in [1.54, 1.807) is 7.11 Å². The summed E-state index contributed by atoms with van der Waals surface area (Å²) in [7, 11) is 1.72. The van der Waals surface area contributed by atoms with Crippen LogP contribution in [0.1, 0.15) is 5.69 Å².